The molecule has 16 heteroatoms. The molecule has 4 amide bonds. The Balaban J connectivity index is 0.982. The summed E-state index contributed by atoms with van der Waals surface area (Å²) >= 11 is 1.78. The maximum atomic E-state index is 14.1. The van der Waals surface area contributed by atoms with Gasteiger partial charge in [0.15, 0.2) is 0 Å². The molecule has 0 spiro atoms. The summed E-state index contributed by atoms with van der Waals surface area (Å²) in [6.07, 6.45) is 10.3. The van der Waals surface area contributed by atoms with Gasteiger partial charge < -0.3 is 44.6 Å². The molecule has 4 aliphatic rings. The summed E-state index contributed by atoms with van der Waals surface area (Å²) in [6.45, 7) is 6.14. The lowest BCUT2D eigenvalue weighted by molar-refractivity contribution is -0.137. The molecule has 314 valence electrons. The van der Waals surface area contributed by atoms with E-state index in [2.05, 4.69) is 44.9 Å². The first-order valence-corrected chi connectivity index (χ1v) is 21.7. The van der Waals surface area contributed by atoms with Gasteiger partial charge in [-0.15, -0.1) is 11.3 Å². The van der Waals surface area contributed by atoms with Crippen molar-refractivity contribution in [2.24, 2.45) is 11.8 Å². The van der Waals surface area contributed by atoms with Crippen LogP contribution >= 0.6 is 11.3 Å². The summed E-state index contributed by atoms with van der Waals surface area (Å²) in [6, 6.07) is 6.77. The number of fused-ring (bicyclic) bond motifs is 1. The van der Waals surface area contributed by atoms with E-state index in [1.54, 1.807) is 11.3 Å². The number of thiophene rings is 1. The highest BCUT2D eigenvalue weighted by atomic mass is 32.1. The molecule has 1 unspecified atom stereocenters. The molecule has 1 aromatic carbocycles. The Bertz CT molecular complexity index is 2160. The summed E-state index contributed by atoms with van der Waals surface area (Å²) in [7, 11) is 2.61. The second-order valence-electron chi connectivity index (χ2n) is 16.3. The van der Waals surface area contributed by atoms with Crippen molar-refractivity contribution in [3.05, 3.63) is 59.4 Å². The third-order valence-corrected chi connectivity index (χ3v) is 13.8. The van der Waals surface area contributed by atoms with Crippen LogP contribution in [-0.2, 0) is 36.6 Å². The van der Waals surface area contributed by atoms with Crippen molar-refractivity contribution in [2.75, 3.05) is 40.5 Å². The molecule has 3 aromatic heterocycles. The van der Waals surface area contributed by atoms with Gasteiger partial charge in [0, 0.05) is 31.2 Å². The standard InChI is InChI=1S/C43H54N8O7S/c1-24(2)34(48-42(54)56-3)40(52)50-18-6-10-32(50)38-44-22-30(46-38)25-12-14-27(15-13-25)36-28-8-5-9-29(28)37(59-36)31-23-45-39(47-31)33-11-7-19-51(33)41(53)35(49-43(55)57-4)26-16-20-58-21-17-26/h12-15,22-24,26,32-35H,5-11,16-21H2,1-4H3,(H,44,46)(H,45,47)(H,48,54)(H,49,55)/t32-,33-,34-,35?/m0/s1. The van der Waals surface area contributed by atoms with Crippen molar-refractivity contribution in [3.63, 3.8) is 0 Å². The number of rotatable bonds is 11. The Morgan fingerprint density at radius 3 is 1.93 bits per heavy atom. The molecule has 1 aliphatic carbocycles. The fourth-order valence-corrected chi connectivity index (χ4v) is 10.7. The maximum Gasteiger partial charge on any atom is 0.407 e. The number of carbonyl (C=O) groups excluding carboxylic acids is 4. The number of hydrogen-bond donors (Lipinski definition) is 4. The Labute approximate surface area is 348 Å². The topological polar surface area (TPSA) is 184 Å². The van der Waals surface area contributed by atoms with Crippen molar-refractivity contribution in [3.8, 4) is 32.3 Å². The zero-order valence-electron chi connectivity index (χ0n) is 34.2. The summed E-state index contributed by atoms with van der Waals surface area (Å²) in [4.78, 5) is 74.9. The Morgan fingerprint density at radius 1 is 0.746 bits per heavy atom. The normalized spacial score (nSPS) is 20.4. The van der Waals surface area contributed by atoms with Crippen LogP contribution in [0.2, 0.25) is 0 Å². The van der Waals surface area contributed by atoms with Crippen LogP contribution in [0.25, 0.3) is 32.3 Å². The number of nitrogens with zero attached hydrogens (tertiary/aromatic N) is 4. The number of likely N-dealkylation sites (tertiary alicyclic amines) is 2. The predicted octanol–water partition coefficient (Wildman–Crippen LogP) is 6.54. The Kier molecular flexibility index (Phi) is 12.1. The van der Waals surface area contributed by atoms with E-state index >= 15 is 0 Å². The number of ether oxygens (including phenoxy) is 3. The summed E-state index contributed by atoms with van der Waals surface area (Å²) < 4.78 is 15.2. The van der Waals surface area contributed by atoms with Crippen LogP contribution in [0.15, 0.2) is 36.7 Å². The molecule has 3 fully saturated rings. The molecule has 0 bridgehead atoms. The number of benzene rings is 1. The molecule has 4 N–H and O–H groups in total. The number of methoxy groups -OCH3 is 2. The van der Waals surface area contributed by atoms with Crippen LogP contribution in [0.1, 0.15) is 93.7 Å². The highest BCUT2D eigenvalue weighted by Crippen LogP contribution is 2.47. The molecule has 3 saturated heterocycles. The average molecular weight is 827 g/mol. The third-order valence-electron chi connectivity index (χ3n) is 12.4. The van der Waals surface area contributed by atoms with E-state index < -0.39 is 24.3 Å². The highest BCUT2D eigenvalue weighted by molar-refractivity contribution is 7.19. The Morgan fingerprint density at radius 2 is 1.31 bits per heavy atom. The summed E-state index contributed by atoms with van der Waals surface area (Å²) in [5.74, 6) is 1.14. The lowest BCUT2D eigenvalue weighted by atomic mass is 9.90. The summed E-state index contributed by atoms with van der Waals surface area (Å²) in [5.41, 5.74) is 6.73. The van der Waals surface area contributed by atoms with Crippen LogP contribution in [0, 0.1) is 11.8 Å². The first kappa shape index (κ1) is 40.6. The number of imidazole rings is 2. The quantitative estimate of drug-likeness (QED) is 0.130. The van der Waals surface area contributed by atoms with Crippen molar-refractivity contribution < 1.29 is 33.4 Å². The first-order chi connectivity index (χ1) is 28.6. The average Bonchev–Trinajstić information content (AvgIpc) is 4.11. The van der Waals surface area contributed by atoms with Crippen LogP contribution in [0.5, 0.6) is 0 Å². The van der Waals surface area contributed by atoms with E-state index in [9.17, 15) is 19.2 Å². The molecule has 6 heterocycles. The van der Waals surface area contributed by atoms with E-state index in [1.807, 2.05) is 36.0 Å². The first-order valence-electron chi connectivity index (χ1n) is 20.9. The van der Waals surface area contributed by atoms with Gasteiger partial charge in [-0.2, -0.15) is 0 Å². The molecule has 4 aromatic rings. The highest BCUT2D eigenvalue weighted by Gasteiger charge is 2.41. The van der Waals surface area contributed by atoms with Gasteiger partial charge in [0.1, 0.15) is 23.7 Å². The van der Waals surface area contributed by atoms with Crippen LogP contribution in [0.4, 0.5) is 9.59 Å². The third kappa shape index (κ3) is 8.21. The van der Waals surface area contributed by atoms with Gasteiger partial charge in [0.2, 0.25) is 11.8 Å². The molecule has 8 rings (SSSR count). The minimum absolute atomic E-state index is 0.0242. The van der Waals surface area contributed by atoms with E-state index in [4.69, 9.17) is 24.2 Å². The molecule has 4 atom stereocenters. The Hall–Kier alpha value is -5.22. The number of amides is 4. The van der Waals surface area contributed by atoms with Gasteiger partial charge >= 0.3 is 12.2 Å². The second kappa shape index (κ2) is 17.6. The molecule has 15 nitrogen and oxygen atoms in total. The lowest BCUT2D eigenvalue weighted by Gasteiger charge is -2.34. The van der Waals surface area contributed by atoms with Gasteiger partial charge in [-0.3, -0.25) is 9.59 Å². The number of hydrogen-bond acceptors (Lipinski definition) is 10. The van der Waals surface area contributed by atoms with E-state index in [0.717, 1.165) is 79.1 Å². The fraction of sp³-hybridized carbons (Fsp3) is 0.535. The van der Waals surface area contributed by atoms with Crippen molar-refractivity contribution >= 4 is 35.3 Å². The van der Waals surface area contributed by atoms with Gasteiger partial charge in [-0.25, -0.2) is 19.6 Å². The predicted molar refractivity (Wildman–Crippen MR) is 221 cm³/mol. The zero-order valence-corrected chi connectivity index (χ0v) is 35.0. The van der Waals surface area contributed by atoms with Gasteiger partial charge in [-0.05, 0) is 91.9 Å². The lowest BCUT2D eigenvalue weighted by Crippen LogP contribution is -2.53. The van der Waals surface area contributed by atoms with E-state index in [-0.39, 0.29) is 35.7 Å². The molecular formula is C43H54N8O7S. The molecule has 0 saturated carbocycles. The van der Waals surface area contributed by atoms with Crippen molar-refractivity contribution in [1.29, 1.82) is 0 Å². The SMILES string of the molecule is COC(=O)NC(C(=O)N1CCC[C@H]1c1ncc(-c2sc(-c3ccc(-c4cnc([C@@H]5CCCN5C(=O)[C@@H](NC(=O)OC)C(C)C)[nH]4)cc3)c3c2CCC3)[nH]1)C1CCOCC1. The second-order valence-corrected chi connectivity index (χ2v) is 17.3. The number of aromatic amines is 2. The fourth-order valence-electron chi connectivity index (χ4n) is 9.30. The van der Waals surface area contributed by atoms with Crippen LogP contribution in [0.3, 0.4) is 0 Å². The zero-order chi connectivity index (χ0) is 41.2. The van der Waals surface area contributed by atoms with E-state index in [1.165, 1.54) is 35.1 Å². The molecule has 3 aliphatic heterocycles. The minimum atomic E-state index is -0.689. The number of aromatic nitrogens is 4. The minimum Gasteiger partial charge on any atom is -0.453 e. The molecule has 0 radical (unpaired) electrons. The van der Waals surface area contributed by atoms with Gasteiger partial charge in [-0.1, -0.05) is 38.1 Å². The molecule has 59 heavy (non-hydrogen) atoms. The van der Waals surface area contributed by atoms with E-state index in [0.29, 0.717) is 39.1 Å². The van der Waals surface area contributed by atoms with Crippen LogP contribution in [-0.4, -0.2) is 106 Å². The van der Waals surface area contributed by atoms with Crippen molar-refractivity contribution in [2.45, 2.75) is 95.8 Å². The monoisotopic (exact) mass is 826 g/mol. The van der Waals surface area contributed by atoms with Crippen LogP contribution < -0.4 is 10.6 Å². The number of H-pyrrole nitrogens is 2. The number of carbonyl (C=O) groups is 4. The summed E-state index contributed by atoms with van der Waals surface area (Å²) in [5, 5.41) is 5.55. The maximum absolute atomic E-state index is 14.1. The van der Waals surface area contributed by atoms with Crippen molar-refractivity contribution in [1.82, 2.24) is 40.4 Å². The van der Waals surface area contributed by atoms with Gasteiger partial charge in [0.05, 0.1) is 55.0 Å². The largest absolute Gasteiger partial charge is 0.453 e. The number of alkyl carbamates (subject to hydrolysis) is 2. The number of nitrogens with one attached hydrogen (secondary N) is 4. The smallest absolute Gasteiger partial charge is 0.407 e. The van der Waals surface area contributed by atoms with Gasteiger partial charge in [0.25, 0.3) is 0 Å². The molecular weight excluding hydrogens is 773 g/mol.